The highest BCUT2D eigenvalue weighted by atomic mass is 16.3. The van der Waals surface area contributed by atoms with Gasteiger partial charge in [-0.15, -0.1) is 0 Å². The van der Waals surface area contributed by atoms with Gasteiger partial charge in [0, 0.05) is 13.1 Å². The molecule has 21 heavy (non-hydrogen) atoms. The molecule has 1 rings (SSSR count). The average Bonchev–Trinajstić information content (AvgIpc) is 2.46. The number of amides is 1. The summed E-state index contributed by atoms with van der Waals surface area (Å²) in [5, 5.41) is 18.0. The van der Waals surface area contributed by atoms with Crippen molar-refractivity contribution in [3.8, 4) is 0 Å². The first-order chi connectivity index (χ1) is 9.99. The Labute approximate surface area is 127 Å². The Kier molecular flexibility index (Phi) is 7.40. The van der Waals surface area contributed by atoms with E-state index in [2.05, 4.69) is 26.0 Å². The number of nitrogens with zero attached hydrogens (tertiary/aromatic N) is 1. The van der Waals surface area contributed by atoms with Gasteiger partial charge in [0.1, 0.15) is 0 Å². The molecule has 1 atom stereocenters. The van der Waals surface area contributed by atoms with E-state index in [0.29, 0.717) is 5.92 Å². The second-order valence-corrected chi connectivity index (χ2v) is 5.83. The van der Waals surface area contributed by atoms with Crippen LogP contribution in [0.2, 0.25) is 0 Å². The topological polar surface area (TPSA) is 60.8 Å². The van der Waals surface area contributed by atoms with Crippen LogP contribution in [0.4, 0.5) is 0 Å². The number of carbonyl (C=O) groups excluding carboxylic acids is 1. The Balaban J connectivity index is 2.76. The molecular formula is C17H27NO3. The SMILES string of the molecule is CC(C)Cc1ccc(C(C)C(=O)N(CCO)CCO)cc1. The third-order valence-corrected chi connectivity index (χ3v) is 3.55. The van der Waals surface area contributed by atoms with Crippen molar-refractivity contribution in [2.24, 2.45) is 5.92 Å². The van der Waals surface area contributed by atoms with Crippen molar-refractivity contribution >= 4 is 5.91 Å². The lowest BCUT2D eigenvalue weighted by molar-refractivity contribution is -0.133. The Morgan fingerprint density at radius 3 is 2.00 bits per heavy atom. The van der Waals surface area contributed by atoms with Crippen molar-refractivity contribution in [1.29, 1.82) is 0 Å². The number of aliphatic hydroxyl groups is 2. The average molecular weight is 293 g/mol. The van der Waals surface area contributed by atoms with E-state index in [9.17, 15) is 4.79 Å². The quantitative estimate of drug-likeness (QED) is 0.768. The standard InChI is InChI=1S/C17H27NO3/c1-13(2)12-15-4-6-16(7-5-15)14(3)17(21)18(8-10-19)9-11-20/h4-7,13-14,19-20H,8-12H2,1-3H3. The number of aliphatic hydroxyl groups excluding tert-OH is 2. The van der Waals surface area contributed by atoms with Gasteiger partial charge in [-0.25, -0.2) is 0 Å². The number of carbonyl (C=O) groups is 1. The molecular weight excluding hydrogens is 266 g/mol. The lowest BCUT2D eigenvalue weighted by atomic mass is 9.96. The summed E-state index contributed by atoms with van der Waals surface area (Å²) in [5.41, 5.74) is 2.24. The molecule has 118 valence electrons. The highest BCUT2D eigenvalue weighted by molar-refractivity contribution is 5.83. The van der Waals surface area contributed by atoms with E-state index in [0.717, 1.165) is 12.0 Å². The van der Waals surface area contributed by atoms with Gasteiger partial charge in [0.25, 0.3) is 0 Å². The Hall–Kier alpha value is -1.39. The normalized spacial score (nSPS) is 12.5. The number of benzene rings is 1. The lowest BCUT2D eigenvalue weighted by Crippen LogP contribution is -2.38. The van der Waals surface area contributed by atoms with E-state index in [1.807, 2.05) is 19.1 Å². The van der Waals surface area contributed by atoms with Crippen LogP contribution in [-0.4, -0.2) is 47.3 Å². The van der Waals surface area contributed by atoms with E-state index in [1.165, 1.54) is 10.5 Å². The van der Waals surface area contributed by atoms with Gasteiger partial charge in [-0.1, -0.05) is 38.1 Å². The van der Waals surface area contributed by atoms with Crippen LogP contribution in [0.25, 0.3) is 0 Å². The highest BCUT2D eigenvalue weighted by Gasteiger charge is 2.21. The van der Waals surface area contributed by atoms with Crippen LogP contribution in [0, 0.1) is 5.92 Å². The summed E-state index contributed by atoms with van der Waals surface area (Å²) in [6, 6.07) is 8.13. The van der Waals surface area contributed by atoms with Gasteiger partial charge in [-0.3, -0.25) is 4.79 Å². The fourth-order valence-corrected chi connectivity index (χ4v) is 2.40. The van der Waals surface area contributed by atoms with Crippen molar-refractivity contribution in [3.63, 3.8) is 0 Å². The van der Waals surface area contributed by atoms with Crippen molar-refractivity contribution in [3.05, 3.63) is 35.4 Å². The molecule has 0 radical (unpaired) electrons. The maximum absolute atomic E-state index is 12.4. The van der Waals surface area contributed by atoms with Crippen LogP contribution in [-0.2, 0) is 11.2 Å². The van der Waals surface area contributed by atoms with Crippen LogP contribution in [0.15, 0.2) is 24.3 Å². The molecule has 1 unspecified atom stereocenters. The molecule has 0 bridgehead atoms. The van der Waals surface area contributed by atoms with Gasteiger partial charge in [-0.05, 0) is 30.4 Å². The number of rotatable bonds is 8. The Morgan fingerprint density at radius 1 is 1.05 bits per heavy atom. The zero-order valence-corrected chi connectivity index (χ0v) is 13.2. The van der Waals surface area contributed by atoms with E-state index in [-0.39, 0.29) is 38.1 Å². The maximum Gasteiger partial charge on any atom is 0.229 e. The largest absolute Gasteiger partial charge is 0.395 e. The summed E-state index contributed by atoms with van der Waals surface area (Å²) in [6.07, 6.45) is 1.03. The van der Waals surface area contributed by atoms with E-state index < -0.39 is 0 Å². The summed E-state index contributed by atoms with van der Waals surface area (Å²) in [7, 11) is 0. The molecule has 0 saturated carbocycles. The number of hydrogen-bond acceptors (Lipinski definition) is 3. The maximum atomic E-state index is 12.4. The summed E-state index contributed by atoms with van der Waals surface area (Å²) in [5.74, 6) is 0.283. The molecule has 0 spiro atoms. The summed E-state index contributed by atoms with van der Waals surface area (Å²) in [4.78, 5) is 13.9. The van der Waals surface area contributed by atoms with E-state index >= 15 is 0 Å². The molecule has 4 nitrogen and oxygen atoms in total. The van der Waals surface area contributed by atoms with Gasteiger partial charge in [-0.2, -0.15) is 0 Å². The van der Waals surface area contributed by atoms with E-state index in [4.69, 9.17) is 10.2 Å². The third-order valence-electron chi connectivity index (χ3n) is 3.55. The van der Waals surface area contributed by atoms with E-state index in [1.54, 1.807) is 0 Å². The minimum absolute atomic E-state index is 0.0605. The van der Waals surface area contributed by atoms with Crippen LogP contribution in [0.1, 0.15) is 37.8 Å². The molecule has 0 saturated heterocycles. The summed E-state index contributed by atoms with van der Waals surface area (Å²) < 4.78 is 0. The fraction of sp³-hybridized carbons (Fsp3) is 0.588. The number of hydrogen-bond donors (Lipinski definition) is 2. The van der Waals surface area contributed by atoms with Crippen molar-refractivity contribution in [2.75, 3.05) is 26.3 Å². The monoisotopic (exact) mass is 293 g/mol. The zero-order chi connectivity index (χ0) is 15.8. The lowest BCUT2D eigenvalue weighted by Gasteiger charge is -2.24. The van der Waals surface area contributed by atoms with Crippen LogP contribution < -0.4 is 0 Å². The summed E-state index contributed by atoms with van der Waals surface area (Å²) in [6.45, 7) is 6.56. The van der Waals surface area contributed by atoms with Crippen LogP contribution >= 0.6 is 0 Å². The minimum Gasteiger partial charge on any atom is -0.395 e. The van der Waals surface area contributed by atoms with Crippen LogP contribution in [0.3, 0.4) is 0 Å². The molecule has 0 heterocycles. The first-order valence-corrected chi connectivity index (χ1v) is 7.59. The second kappa shape index (κ2) is 8.80. The smallest absolute Gasteiger partial charge is 0.229 e. The Morgan fingerprint density at radius 2 is 1.57 bits per heavy atom. The van der Waals surface area contributed by atoms with Gasteiger partial charge in [0.05, 0.1) is 19.1 Å². The molecule has 1 amide bonds. The Bertz CT molecular complexity index is 422. The van der Waals surface area contributed by atoms with Crippen molar-refractivity contribution in [2.45, 2.75) is 33.1 Å². The molecule has 1 aromatic rings. The van der Waals surface area contributed by atoms with Crippen molar-refractivity contribution in [1.82, 2.24) is 4.90 Å². The minimum atomic E-state index is -0.267. The van der Waals surface area contributed by atoms with Gasteiger partial charge in [0.15, 0.2) is 0 Å². The molecule has 0 aliphatic carbocycles. The predicted molar refractivity (Wildman–Crippen MR) is 84.2 cm³/mol. The molecule has 4 heteroatoms. The molecule has 1 aromatic carbocycles. The molecule has 0 aromatic heterocycles. The third kappa shape index (κ3) is 5.48. The highest BCUT2D eigenvalue weighted by Crippen LogP contribution is 2.19. The predicted octanol–water partition coefficient (Wildman–Crippen LogP) is 1.80. The van der Waals surface area contributed by atoms with Gasteiger partial charge >= 0.3 is 0 Å². The second-order valence-electron chi connectivity index (χ2n) is 5.83. The van der Waals surface area contributed by atoms with Gasteiger partial charge in [0.2, 0.25) is 5.91 Å². The summed E-state index contributed by atoms with van der Waals surface area (Å²) >= 11 is 0. The molecule has 0 aliphatic heterocycles. The molecule has 0 aliphatic rings. The van der Waals surface area contributed by atoms with Crippen LogP contribution in [0.5, 0.6) is 0 Å². The van der Waals surface area contributed by atoms with Crippen molar-refractivity contribution < 1.29 is 15.0 Å². The fourth-order valence-electron chi connectivity index (χ4n) is 2.40. The van der Waals surface area contributed by atoms with Gasteiger partial charge < -0.3 is 15.1 Å². The first-order valence-electron chi connectivity index (χ1n) is 7.59. The molecule has 2 N–H and O–H groups in total. The molecule has 0 fully saturated rings. The zero-order valence-electron chi connectivity index (χ0n) is 13.2. The first kappa shape index (κ1) is 17.7.